The van der Waals surface area contributed by atoms with Crippen LogP contribution < -0.4 is 10.2 Å². The van der Waals surface area contributed by atoms with Crippen molar-refractivity contribution in [2.75, 3.05) is 24.3 Å². The molecule has 0 spiro atoms. The molecular formula is C20H19Cl2N7O. The van der Waals surface area contributed by atoms with E-state index in [2.05, 4.69) is 20.5 Å². The van der Waals surface area contributed by atoms with Gasteiger partial charge in [-0.25, -0.2) is 9.67 Å². The van der Waals surface area contributed by atoms with Gasteiger partial charge in [-0.2, -0.15) is 14.7 Å². The van der Waals surface area contributed by atoms with Crippen molar-refractivity contribution in [2.45, 2.75) is 13.8 Å². The molecule has 154 valence electrons. The molecule has 0 fully saturated rings. The van der Waals surface area contributed by atoms with Gasteiger partial charge in [-0.15, -0.1) is 0 Å². The average molecular weight is 444 g/mol. The standard InChI is InChI=1S/C20H19Cl2N7O/c1-11-7-18-23-17(10-19(27(3)4)29(18)25-11)24-20(30)15-8-12(2)28(26-15)16-6-5-13(21)9-14(16)22/h5-10H,1-4H3,(H,23,24,30). The Hall–Kier alpha value is -3.10. The Morgan fingerprint density at radius 3 is 2.53 bits per heavy atom. The molecule has 0 aliphatic heterocycles. The van der Waals surface area contributed by atoms with Crippen molar-refractivity contribution in [3.8, 4) is 5.69 Å². The first kappa shape index (κ1) is 20.2. The topological polar surface area (TPSA) is 80.4 Å². The second-order valence-electron chi connectivity index (χ2n) is 7.08. The highest BCUT2D eigenvalue weighted by molar-refractivity contribution is 6.35. The lowest BCUT2D eigenvalue weighted by Crippen LogP contribution is -2.18. The van der Waals surface area contributed by atoms with E-state index in [4.69, 9.17) is 23.2 Å². The van der Waals surface area contributed by atoms with E-state index in [1.807, 2.05) is 38.9 Å². The van der Waals surface area contributed by atoms with Gasteiger partial charge in [0.2, 0.25) is 0 Å². The van der Waals surface area contributed by atoms with E-state index < -0.39 is 0 Å². The van der Waals surface area contributed by atoms with E-state index in [-0.39, 0.29) is 11.6 Å². The second-order valence-corrected chi connectivity index (χ2v) is 7.93. The maximum Gasteiger partial charge on any atom is 0.277 e. The number of anilines is 2. The van der Waals surface area contributed by atoms with Gasteiger partial charge in [0.15, 0.2) is 11.3 Å². The largest absolute Gasteiger partial charge is 0.363 e. The Morgan fingerprint density at radius 1 is 1.07 bits per heavy atom. The summed E-state index contributed by atoms with van der Waals surface area (Å²) in [5.74, 6) is 0.825. The number of carbonyl (C=O) groups is 1. The molecule has 4 aromatic rings. The van der Waals surface area contributed by atoms with Crippen molar-refractivity contribution < 1.29 is 4.79 Å². The molecule has 1 N–H and O–H groups in total. The first-order valence-electron chi connectivity index (χ1n) is 9.11. The number of aryl methyl sites for hydroxylation is 2. The fraction of sp³-hybridized carbons (Fsp3) is 0.200. The summed E-state index contributed by atoms with van der Waals surface area (Å²) in [6.45, 7) is 3.74. The van der Waals surface area contributed by atoms with E-state index in [9.17, 15) is 4.79 Å². The van der Waals surface area contributed by atoms with Gasteiger partial charge in [0, 0.05) is 36.9 Å². The van der Waals surface area contributed by atoms with Crippen LogP contribution in [0.25, 0.3) is 11.3 Å². The molecule has 0 unspecified atom stereocenters. The Bertz CT molecular complexity index is 1280. The molecular weight excluding hydrogens is 425 g/mol. The molecule has 0 saturated carbocycles. The highest BCUT2D eigenvalue weighted by atomic mass is 35.5. The van der Waals surface area contributed by atoms with Crippen molar-refractivity contribution >= 4 is 46.4 Å². The van der Waals surface area contributed by atoms with E-state index >= 15 is 0 Å². The maximum absolute atomic E-state index is 12.9. The van der Waals surface area contributed by atoms with Crippen molar-refractivity contribution in [3.05, 3.63) is 63.5 Å². The van der Waals surface area contributed by atoms with Crippen LogP contribution in [0.1, 0.15) is 21.9 Å². The van der Waals surface area contributed by atoms with Crippen LogP contribution in [0.2, 0.25) is 10.0 Å². The number of nitrogens with one attached hydrogen (secondary N) is 1. The highest BCUT2D eigenvalue weighted by Crippen LogP contribution is 2.26. The van der Waals surface area contributed by atoms with Gasteiger partial charge in [-0.05, 0) is 38.1 Å². The number of amides is 1. The van der Waals surface area contributed by atoms with E-state index in [1.165, 1.54) is 0 Å². The number of hydrogen-bond donors (Lipinski definition) is 1. The summed E-state index contributed by atoms with van der Waals surface area (Å²) in [7, 11) is 3.80. The number of nitrogens with zero attached hydrogens (tertiary/aromatic N) is 6. The zero-order chi connectivity index (χ0) is 21.6. The summed E-state index contributed by atoms with van der Waals surface area (Å²) in [5.41, 5.74) is 3.12. The van der Waals surface area contributed by atoms with Crippen LogP contribution in [0.3, 0.4) is 0 Å². The van der Waals surface area contributed by atoms with Crippen LogP contribution in [-0.4, -0.2) is 44.4 Å². The maximum atomic E-state index is 12.9. The molecule has 3 aromatic heterocycles. The summed E-state index contributed by atoms with van der Waals surface area (Å²) >= 11 is 12.3. The lowest BCUT2D eigenvalue weighted by molar-refractivity contribution is 0.102. The minimum Gasteiger partial charge on any atom is -0.363 e. The lowest BCUT2D eigenvalue weighted by atomic mass is 10.3. The Kier molecular flexibility index (Phi) is 5.13. The molecule has 4 rings (SSSR count). The van der Waals surface area contributed by atoms with Crippen LogP contribution in [-0.2, 0) is 0 Å². The summed E-state index contributed by atoms with van der Waals surface area (Å²) in [6.07, 6.45) is 0. The van der Waals surface area contributed by atoms with Gasteiger partial charge < -0.3 is 10.2 Å². The molecule has 0 aliphatic rings. The molecule has 0 radical (unpaired) electrons. The number of rotatable bonds is 4. The van der Waals surface area contributed by atoms with E-state index in [0.29, 0.717) is 27.2 Å². The second kappa shape index (κ2) is 7.62. The van der Waals surface area contributed by atoms with Crippen molar-refractivity contribution in [1.29, 1.82) is 0 Å². The monoisotopic (exact) mass is 443 g/mol. The lowest BCUT2D eigenvalue weighted by Gasteiger charge is -2.15. The molecule has 1 aromatic carbocycles. The van der Waals surface area contributed by atoms with E-state index in [1.54, 1.807) is 39.5 Å². The minimum absolute atomic E-state index is 0.247. The number of carbonyl (C=O) groups excluding carboxylic acids is 1. The fourth-order valence-corrected chi connectivity index (χ4v) is 3.61. The molecule has 1 amide bonds. The van der Waals surface area contributed by atoms with Crippen molar-refractivity contribution in [2.24, 2.45) is 0 Å². The van der Waals surface area contributed by atoms with Crippen molar-refractivity contribution in [3.63, 3.8) is 0 Å². The molecule has 0 aliphatic carbocycles. The first-order chi connectivity index (χ1) is 14.2. The SMILES string of the molecule is Cc1cc2nc(NC(=O)c3cc(C)n(-c4ccc(Cl)cc4Cl)n3)cc(N(C)C)n2n1. The molecule has 0 saturated heterocycles. The van der Waals surface area contributed by atoms with Crippen LogP contribution in [0, 0.1) is 13.8 Å². The predicted octanol–water partition coefficient (Wildman–Crippen LogP) is 4.16. The van der Waals surface area contributed by atoms with Gasteiger partial charge >= 0.3 is 0 Å². The Balaban J connectivity index is 1.66. The number of halogens is 2. The van der Waals surface area contributed by atoms with Crippen LogP contribution in [0.5, 0.6) is 0 Å². The zero-order valence-electron chi connectivity index (χ0n) is 16.8. The normalized spacial score (nSPS) is 11.1. The van der Waals surface area contributed by atoms with Crippen molar-refractivity contribution in [1.82, 2.24) is 24.4 Å². The number of hydrogen-bond acceptors (Lipinski definition) is 5. The summed E-state index contributed by atoms with van der Waals surface area (Å²) in [4.78, 5) is 19.2. The Labute approximate surface area is 183 Å². The zero-order valence-corrected chi connectivity index (χ0v) is 18.3. The predicted molar refractivity (Wildman–Crippen MR) is 118 cm³/mol. The van der Waals surface area contributed by atoms with Gasteiger partial charge in [0.25, 0.3) is 5.91 Å². The van der Waals surface area contributed by atoms with Gasteiger partial charge in [-0.1, -0.05) is 23.2 Å². The third kappa shape index (κ3) is 3.71. The molecule has 8 nitrogen and oxygen atoms in total. The van der Waals surface area contributed by atoms with E-state index in [0.717, 1.165) is 17.2 Å². The van der Waals surface area contributed by atoms with Gasteiger partial charge in [-0.3, -0.25) is 4.79 Å². The molecule has 30 heavy (non-hydrogen) atoms. The third-order valence-electron chi connectivity index (χ3n) is 4.49. The minimum atomic E-state index is -0.375. The van der Waals surface area contributed by atoms with Crippen LogP contribution in [0.15, 0.2) is 36.4 Å². The van der Waals surface area contributed by atoms with Crippen LogP contribution in [0.4, 0.5) is 11.6 Å². The number of fused-ring (bicyclic) bond motifs is 1. The third-order valence-corrected chi connectivity index (χ3v) is 5.03. The van der Waals surface area contributed by atoms with Crippen LogP contribution >= 0.6 is 23.2 Å². The smallest absolute Gasteiger partial charge is 0.277 e. The quantitative estimate of drug-likeness (QED) is 0.512. The molecule has 0 atom stereocenters. The summed E-state index contributed by atoms with van der Waals surface area (Å²) in [6, 6.07) is 10.4. The molecule has 0 bridgehead atoms. The van der Waals surface area contributed by atoms with Gasteiger partial charge in [0.1, 0.15) is 11.6 Å². The first-order valence-corrected chi connectivity index (χ1v) is 9.86. The summed E-state index contributed by atoms with van der Waals surface area (Å²) in [5, 5.41) is 12.6. The average Bonchev–Trinajstić information content (AvgIpc) is 3.23. The number of benzene rings is 1. The summed E-state index contributed by atoms with van der Waals surface area (Å²) < 4.78 is 3.34. The number of aromatic nitrogens is 5. The van der Waals surface area contributed by atoms with Gasteiger partial charge in [0.05, 0.1) is 16.4 Å². The molecule has 10 heteroatoms. The fourth-order valence-electron chi connectivity index (χ4n) is 3.12. The highest BCUT2D eigenvalue weighted by Gasteiger charge is 2.17. The Morgan fingerprint density at radius 2 is 1.83 bits per heavy atom. The molecule has 3 heterocycles.